The van der Waals surface area contributed by atoms with Crippen LogP contribution in [0.4, 0.5) is 13.5 Å². The zero-order valence-electron chi connectivity index (χ0n) is 13.0. The van der Waals surface area contributed by atoms with Gasteiger partial charge in [0.15, 0.2) is 5.78 Å². The first-order chi connectivity index (χ1) is 11.8. The van der Waals surface area contributed by atoms with Crippen LogP contribution in [-0.4, -0.2) is 20.5 Å². The molecule has 25 heavy (non-hydrogen) atoms. The van der Waals surface area contributed by atoms with Crippen LogP contribution in [0, 0.1) is 0 Å². The zero-order valence-corrected chi connectivity index (χ0v) is 15.5. The van der Waals surface area contributed by atoms with E-state index in [9.17, 15) is 21.0 Å². The van der Waals surface area contributed by atoms with E-state index in [0.29, 0.717) is 29.5 Å². The van der Waals surface area contributed by atoms with E-state index in [4.69, 9.17) is 0 Å². The van der Waals surface area contributed by atoms with Crippen molar-refractivity contribution in [2.75, 3.05) is 11.0 Å². The van der Waals surface area contributed by atoms with Crippen molar-refractivity contribution in [1.82, 2.24) is 0 Å². The highest BCUT2D eigenvalue weighted by atomic mass is 32.2. The van der Waals surface area contributed by atoms with Crippen LogP contribution in [-0.2, 0) is 16.4 Å². The number of fused-ring (bicyclic) bond motifs is 1. The average Bonchev–Trinajstić information content (AvgIpc) is 2.92. The maximum atomic E-state index is 13.4. The number of hydrogen-bond acceptors (Lipinski definition) is 5. The molecule has 0 bridgehead atoms. The summed E-state index contributed by atoms with van der Waals surface area (Å²) in [6.45, 7) is 0. The first kappa shape index (κ1) is 18.2. The van der Waals surface area contributed by atoms with Gasteiger partial charge in [0, 0.05) is 32.9 Å². The Balaban J connectivity index is 2.24. The summed E-state index contributed by atoms with van der Waals surface area (Å²) in [7, 11) is -3.57. The lowest BCUT2D eigenvalue weighted by Gasteiger charge is -2.15. The van der Waals surface area contributed by atoms with Crippen LogP contribution < -0.4 is 4.72 Å². The fraction of sp³-hybridized carbons (Fsp3) is 0.188. The van der Waals surface area contributed by atoms with Gasteiger partial charge in [0.25, 0.3) is 0 Å². The monoisotopic (exact) mass is 401 g/mol. The number of rotatable bonds is 5. The molecule has 0 atom stereocenters. The summed E-state index contributed by atoms with van der Waals surface area (Å²) >= 11 is -0.0703. The topological polar surface area (TPSA) is 63.2 Å². The Labute approximate surface area is 153 Å². The molecule has 2 aromatic carbocycles. The van der Waals surface area contributed by atoms with Gasteiger partial charge in [-0.2, -0.15) is 7.77 Å². The van der Waals surface area contributed by atoms with Gasteiger partial charge in [-0.25, -0.2) is 8.42 Å². The third kappa shape index (κ3) is 3.83. The van der Waals surface area contributed by atoms with E-state index in [2.05, 4.69) is 4.72 Å². The molecule has 1 aliphatic carbocycles. The van der Waals surface area contributed by atoms with Crippen molar-refractivity contribution in [3.05, 3.63) is 41.5 Å². The number of hydrogen-bond donors (Lipinski definition) is 1. The second-order valence-electron chi connectivity index (χ2n) is 5.66. The lowest BCUT2D eigenvalue weighted by atomic mass is 9.98. The second kappa shape index (κ2) is 6.97. The molecule has 1 aliphatic rings. The standard InChI is InChI=1S/C16H13F2NO3S3/c1-25(21,22)19-14-6-9-2-5-15(20)12(9)8-13(14)11-4-3-10(23-17)7-16(11)24-18/h3-4,6-8,19H,2,5H2,1H3. The number of anilines is 1. The minimum absolute atomic E-state index is 0.00869. The summed E-state index contributed by atoms with van der Waals surface area (Å²) in [5.41, 5.74) is 2.30. The summed E-state index contributed by atoms with van der Waals surface area (Å²) in [5.74, 6) is -0.0347. The summed E-state index contributed by atoms with van der Waals surface area (Å²) in [6, 6.07) is 7.51. The number of carbonyl (C=O) groups excluding carboxylic acids is 1. The van der Waals surface area contributed by atoms with E-state index in [1.165, 1.54) is 18.2 Å². The van der Waals surface area contributed by atoms with E-state index in [1.807, 2.05) is 0 Å². The quantitative estimate of drug-likeness (QED) is 0.779. The number of ketones is 1. The molecule has 4 nitrogen and oxygen atoms in total. The SMILES string of the molecule is CS(=O)(=O)Nc1cc2c(cc1-c1ccc(SF)cc1SF)C(=O)CC2. The Morgan fingerprint density at radius 1 is 1.00 bits per heavy atom. The molecule has 2 aromatic rings. The van der Waals surface area contributed by atoms with Crippen molar-refractivity contribution >= 4 is 45.8 Å². The Morgan fingerprint density at radius 3 is 2.40 bits per heavy atom. The number of aryl methyl sites for hydroxylation is 1. The van der Waals surface area contributed by atoms with Crippen molar-refractivity contribution in [2.24, 2.45) is 0 Å². The molecule has 9 heteroatoms. The van der Waals surface area contributed by atoms with Crippen molar-refractivity contribution in [3.63, 3.8) is 0 Å². The van der Waals surface area contributed by atoms with Gasteiger partial charge in [-0.15, -0.1) is 0 Å². The van der Waals surface area contributed by atoms with Crippen LogP contribution in [0.15, 0.2) is 40.1 Å². The number of Topliss-reactive ketones (excluding diaryl/α,β-unsaturated/α-hetero) is 1. The van der Waals surface area contributed by atoms with Crippen LogP contribution in [0.2, 0.25) is 0 Å². The Hall–Kier alpha value is -1.58. The fourth-order valence-corrected chi connectivity index (χ4v) is 4.20. The number of sulfonamides is 1. The van der Waals surface area contributed by atoms with Gasteiger partial charge in [0.05, 0.1) is 36.2 Å². The lowest BCUT2D eigenvalue weighted by molar-refractivity contribution is 0.0994. The molecule has 0 saturated carbocycles. The molecule has 0 heterocycles. The van der Waals surface area contributed by atoms with Gasteiger partial charge in [-0.3, -0.25) is 9.52 Å². The van der Waals surface area contributed by atoms with Crippen molar-refractivity contribution in [1.29, 1.82) is 0 Å². The molecule has 132 valence electrons. The molecule has 0 aliphatic heterocycles. The molecule has 0 amide bonds. The minimum Gasteiger partial charge on any atom is -0.294 e. The van der Waals surface area contributed by atoms with Gasteiger partial charge >= 0.3 is 0 Å². The molecule has 0 fully saturated rings. The van der Waals surface area contributed by atoms with Crippen LogP contribution in [0.3, 0.4) is 0 Å². The summed E-state index contributed by atoms with van der Waals surface area (Å²) in [4.78, 5) is 12.4. The third-order valence-corrected chi connectivity index (χ3v) is 5.40. The average molecular weight is 401 g/mol. The minimum atomic E-state index is -3.57. The molecular weight excluding hydrogens is 388 g/mol. The second-order valence-corrected chi connectivity index (χ2v) is 8.63. The van der Waals surface area contributed by atoms with Gasteiger partial charge in [-0.05, 0) is 36.2 Å². The van der Waals surface area contributed by atoms with Gasteiger partial charge < -0.3 is 0 Å². The van der Waals surface area contributed by atoms with Gasteiger partial charge in [0.2, 0.25) is 10.0 Å². The number of nitrogens with one attached hydrogen (secondary N) is 1. The zero-order chi connectivity index (χ0) is 18.2. The summed E-state index contributed by atoms with van der Waals surface area (Å²) < 4.78 is 52.0. The third-order valence-electron chi connectivity index (χ3n) is 3.88. The van der Waals surface area contributed by atoms with Crippen LogP contribution >= 0.6 is 24.3 Å². The Morgan fingerprint density at radius 2 is 1.76 bits per heavy atom. The summed E-state index contributed by atoms with van der Waals surface area (Å²) in [6.07, 6.45) is 1.91. The molecule has 0 radical (unpaired) electrons. The van der Waals surface area contributed by atoms with E-state index >= 15 is 0 Å². The van der Waals surface area contributed by atoms with E-state index in [0.717, 1.165) is 11.8 Å². The number of carbonyl (C=O) groups is 1. The predicted octanol–water partition coefficient (Wildman–Crippen LogP) is 4.81. The van der Waals surface area contributed by atoms with Crippen molar-refractivity contribution < 1.29 is 21.0 Å². The molecule has 3 rings (SSSR count). The summed E-state index contributed by atoms with van der Waals surface area (Å²) in [5, 5.41) is 0. The molecule has 0 spiro atoms. The molecule has 1 N–H and O–H groups in total. The van der Waals surface area contributed by atoms with E-state index < -0.39 is 10.0 Å². The van der Waals surface area contributed by atoms with Crippen LogP contribution in [0.25, 0.3) is 11.1 Å². The van der Waals surface area contributed by atoms with Crippen LogP contribution in [0.1, 0.15) is 22.3 Å². The van der Waals surface area contributed by atoms with E-state index in [-0.39, 0.29) is 45.6 Å². The van der Waals surface area contributed by atoms with E-state index in [1.54, 1.807) is 12.1 Å². The lowest BCUT2D eigenvalue weighted by Crippen LogP contribution is -2.11. The fourth-order valence-electron chi connectivity index (χ4n) is 2.84. The first-order valence-electron chi connectivity index (χ1n) is 7.22. The van der Waals surface area contributed by atoms with Crippen molar-refractivity contribution in [2.45, 2.75) is 22.6 Å². The largest absolute Gasteiger partial charge is 0.294 e. The highest BCUT2D eigenvalue weighted by molar-refractivity contribution is 7.95. The maximum Gasteiger partial charge on any atom is 0.229 e. The molecule has 0 saturated heterocycles. The highest BCUT2D eigenvalue weighted by Crippen LogP contribution is 2.41. The van der Waals surface area contributed by atoms with Gasteiger partial charge in [-0.1, -0.05) is 6.07 Å². The van der Waals surface area contributed by atoms with Crippen LogP contribution in [0.5, 0.6) is 0 Å². The maximum absolute atomic E-state index is 13.4. The number of benzene rings is 2. The first-order valence-corrected chi connectivity index (χ1v) is 10.5. The molecular formula is C16H13F2NO3S3. The molecule has 0 unspecified atom stereocenters. The Bertz CT molecular complexity index is 961. The molecule has 0 aromatic heterocycles. The number of halogens is 2. The Kier molecular flexibility index (Phi) is 5.08. The predicted molar refractivity (Wildman–Crippen MR) is 96.9 cm³/mol. The van der Waals surface area contributed by atoms with Crippen molar-refractivity contribution in [3.8, 4) is 11.1 Å². The van der Waals surface area contributed by atoms with Gasteiger partial charge in [0.1, 0.15) is 0 Å². The smallest absolute Gasteiger partial charge is 0.229 e. The normalized spacial score (nSPS) is 13.8. The highest BCUT2D eigenvalue weighted by Gasteiger charge is 2.24.